The van der Waals surface area contributed by atoms with Gasteiger partial charge in [0, 0.05) is 25.0 Å². The standard InChI is InChI=1S/C16H24N2O4S2/c1-4-23(19,20)17-11-14-9-10-18(12-14)24(21,22)16-7-5-15(6-8-16)13(2)3/h4-8,13-14,17H,1,9-12H2,2-3H3/t14-/m0/s1. The Hall–Kier alpha value is -1.22. The van der Waals surface area contributed by atoms with Crippen molar-refractivity contribution in [3.05, 3.63) is 41.8 Å². The molecule has 0 amide bonds. The second-order valence-corrected chi connectivity index (χ2v) is 9.95. The van der Waals surface area contributed by atoms with Crippen LogP contribution in [0.1, 0.15) is 31.7 Å². The molecule has 1 aliphatic heterocycles. The van der Waals surface area contributed by atoms with Crippen molar-refractivity contribution < 1.29 is 16.8 Å². The highest BCUT2D eigenvalue weighted by Crippen LogP contribution is 2.25. The number of benzene rings is 1. The van der Waals surface area contributed by atoms with E-state index in [2.05, 4.69) is 25.1 Å². The minimum absolute atomic E-state index is 0.0376. The van der Waals surface area contributed by atoms with Gasteiger partial charge in [0.1, 0.15) is 0 Å². The largest absolute Gasteiger partial charge is 0.243 e. The lowest BCUT2D eigenvalue weighted by atomic mass is 10.0. The SMILES string of the molecule is C=CS(=O)(=O)NC[C@@H]1CCN(S(=O)(=O)c2ccc(C(C)C)cc2)C1. The summed E-state index contributed by atoms with van der Waals surface area (Å²) in [5.41, 5.74) is 1.09. The van der Waals surface area contributed by atoms with Crippen LogP contribution in [0.2, 0.25) is 0 Å². The lowest BCUT2D eigenvalue weighted by Gasteiger charge is -2.17. The summed E-state index contributed by atoms with van der Waals surface area (Å²) < 4.78 is 52.0. The lowest BCUT2D eigenvalue weighted by Crippen LogP contribution is -2.32. The molecule has 0 saturated carbocycles. The molecule has 24 heavy (non-hydrogen) atoms. The molecule has 0 aliphatic carbocycles. The third-order valence-corrected chi connectivity index (χ3v) is 7.11. The van der Waals surface area contributed by atoms with Crippen molar-refractivity contribution in [1.82, 2.24) is 9.03 Å². The van der Waals surface area contributed by atoms with Crippen LogP contribution in [0.3, 0.4) is 0 Å². The van der Waals surface area contributed by atoms with Gasteiger partial charge in [-0.15, -0.1) is 0 Å². The molecule has 1 fully saturated rings. The molecule has 2 rings (SSSR count). The van der Waals surface area contributed by atoms with Gasteiger partial charge in [-0.1, -0.05) is 32.6 Å². The first-order valence-electron chi connectivity index (χ1n) is 7.88. The summed E-state index contributed by atoms with van der Waals surface area (Å²) in [6.45, 7) is 8.27. The van der Waals surface area contributed by atoms with Crippen LogP contribution in [0.25, 0.3) is 0 Å². The van der Waals surface area contributed by atoms with Crippen molar-refractivity contribution in [2.45, 2.75) is 31.1 Å². The van der Waals surface area contributed by atoms with E-state index in [1.54, 1.807) is 12.1 Å². The molecule has 1 aromatic carbocycles. The minimum atomic E-state index is -3.54. The first-order valence-corrected chi connectivity index (χ1v) is 10.9. The van der Waals surface area contributed by atoms with Gasteiger partial charge in [0.15, 0.2) is 0 Å². The van der Waals surface area contributed by atoms with E-state index >= 15 is 0 Å². The van der Waals surface area contributed by atoms with Crippen LogP contribution >= 0.6 is 0 Å². The Bertz CT molecular complexity index is 784. The van der Waals surface area contributed by atoms with Crippen molar-refractivity contribution in [2.24, 2.45) is 5.92 Å². The number of nitrogens with zero attached hydrogens (tertiary/aromatic N) is 1. The van der Waals surface area contributed by atoms with E-state index in [0.29, 0.717) is 25.4 Å². The van der Waals surface area contributed by atoms with Gasteiger partial charge in [-0.2, -0.15) is 4.31 Å². The van der Waals surface area contributed by atoms with Crippen molar-refractivity contribution in [3.63, 3.8) is 0 Å². The number of sulfonamides is 2. The van der Waals surface area contributed by atoms with Crippen LogP contribution in [0.4, 0.5) is 0 Å². The lowest BCUT2D eigenvalue weighted by molar-refractivity contribution is 0.455. The van der Waals surface area contributed by atoms with Gasteiger partial charge < -0.3 is 0 Å². The third-order valence-electron chi connectivity index (χ3n) is 4.23. The zero-order valence-corrected chi connectivity index (χ0v) is 15.6. The van der Waals surface area contributed by atoms with Crippen LogP contribution in [0, 0.1) is 5.92 Å². The van der Waals surface area contributed by atoms with Gasteiger partial charge in [-0.3, -0.25) is 0 Å². The van der Waals surface area contributed by atoms with Gasteiger partial charge in [0.2, 0.25) is 20.0 Å². The summed E-state index contributed by atoms with van der Waals surface area (Å²) in [6, 6.07) is 6.95. The number of rotatable bonds is 7. The molecule has 134 valence electrons. The maximum atomic E-state index is 12.7. The summed E-state index contributed by atoms with van der Waals surface area (Å²) in [5, 5.41) is 0.854. The van der Waals surface area contributed by atoms with Gasteiger partial charge in [-0.05, 0) is 36.0 Å². The summed E-state index contributed by atoms with van der Waals surface area (Å²) >= 11 is 0. The predicted molar refractivity (Wildman–Crippen MR) is 94.5 cm³/mol. The molecule has 1 atom stereocenters. The molecule has 1 aliphatic rings. The van der Waals surface area contributed by atoms with E-state index < -0.39 is 20.0 Å². The zero-order chi connectivity index (χ0) is 18.0. The molecule has 6 nitrogen and oxygen atoms in total. The topological polar surface area (TPSA) is 83.6 Å². The fraction of sp³-hybridized carbons (Fsp3) is 0.500. The molecule has 8 heteroatoms. The molecule has 0 spiro atoms. The van der Waals surface area contributed by atoms with E-state index in [0.717, 1.165) is 11.0 Å². The Morgan fingerprint density at radius 2 is 1.88 bits per heavy atom. The predicted octanol–water partition coefficient (Wildman–Crippen LogP) is 1.88. The average molecular weight is 373 g/mol. The Balaban J connectivity index is 2.04. The number of hydrogen-bond donors (Lipinski definition) is 1. The van der Waals surface area contributed by atoms with Gasteiger partial charge in [-0.25, -0.2) is 21.6 Å². The molecule has 1 saturated heterocycles. The Morgan fingerprint density at radius 1 is 1.25 bits per heavy atom. The maximum Gasteiger partial charge on any atom is 0.243 e. The molecular weight excluding hydrogens is 348 g/mol. The third kappa shape index (κ3) is 4.44. The molecule has 1 aromatic rings. The van der Waals surface area contributed by atoms with Gasteiger partial charge >= 0.3 is 0 Å². The molecule has 0 aromatic heterocycles. The number of nitrogens with one attached hydrogen (secondary N) is 1. The summed E-state index contributed by atoms with van der Waals surface area (Å²) in [4.78, 5) is 0.277. The highest BCUT2D eigenvalue weighted by atomic mass is 32.2. The summed E-state index contributed by atoms with van der Waals surface area (Å²) in [5.74, 6) is 0.306. The second-order valence-electron chi connectivity index (χ2n) is 6.30. The molecular formula is C16H24N2O4S2. The van der Waals surface area contributed by atoms with Crippen LogP contribution in [-0.2, 0) is 20.0 Å². The minimum Gasteiger partial charge on any atom is -0.211 e. The molecule has 0 unspecified atom stereocenters. The van der Waals surface area contributed by atoms with Gasteiger partial charge in [0.25, 0.3) is 0 Å². The number of hydrogen-bond acceptors (Lipinski definition) is 4. The Kier molecular flexibility index (Phi) is 5.85. The van der Waals surface area contributed by atoms with Crippen LogP contribution in [0.5, 0.6) is 0 Å². The van der Waals surface area contributed by atoms with Crippen molar-refractivity contribution in [3.8, 4) is 0 Å². The smallest absolute Gasteiger partial charge is 0.211 e. The van der Waals surface area contributed by atoms with E-state index in [9.17, 15) is 16.8 Å². The highest BCUT2D eigenvalue weighted by molar-refractivity contribution is 7.92. The fourth-order valence-electron chi connectivity index (χ4n) is 2.65. The zero-order valence-electron chi connectivity index (χ0n) is 14.0. The average Bonchev–Trinajstić information content (AvgIpc) is 3.03. The molecule has 0 bridgehead atoms. The normalized spacial score (nSPS) is 19.7. The van der Waals surface area contributed by atoms with E-state index in [1.807, 2.05) is 12.1 Å². The maximum absolute atomic E-state index is 12.7. The van der Waals surface area contributed by atoms with Crippen LogP contribution in [-0.4, -0.2) is 40.8 Å². The molecule has 1 N–H and O–H groups in total. The summed E-state index contributed by atoms with van der Waals surface area (Å²) in [6.07, 6.45) is 0.628. The van der Waals surface area contributed by atoms with Crippen molar-refractivity contribution >= 4 is 20.0 Å². The first-order chi connectivity index (χ1) is 11.2. The fourth-order valence-corrected chi connectivity index (χ4v) is 4.77. The Labute approximate surface area is 144 Å². The van der Waals surface area contributed by atoms with E-state index in [4.69, 9.17) is 0 Å². The second kappa shape index (κ2) is 7.35. The molecule has 0 radical (unpaired) electrons. The van der Waals surface area contributed by atoms with Crippen LogP contribution in [0.15, 0.2) is 41.1 Å². The first kappa shape index (κ1) is 19.1. The van der Waals surface area contributed by atoms with Gasteiger partial charge in [0.05, 0.1) is 4.90 Å². The monoisotopic (exact) mass is 372 g/mol. The van der Waals surface area contributed by atoms with E-state index in [1.165, 1.54) is 4.31 Å². The quantitative estimate of drug-likeness (QED) is 0.792. The highest BCUT2D eigenvalue weighted by Gasteiger charge is 2.32. The molecule has 1 heterocycles. The Morgan fingerprint density at radius 3 is 2.42 bits per heavy atom. The summed E-state index contributed by atoms with van der Waals surface area (Å²) in [7, 11) is -7.02. The van der Waals surface area contributed by atoms with E-state index in [-0.39, 0.29) is 17.4 Å². The van der Waals surface area contributed by atoms with Crippen molar-refractivity contribution in [2.75, 3.05) is 19.6 Å². The van der Waals surface area contributed by atoms with Crippen molar-refractivity contribution in [1.29, 1.82) is 0 Å². The van der Waals surface area contributed by atoms with Crippen LogP contribution < -0.4 is 4.72 Å².